The Balaban J connectivity index is 2.32. The van der Waals surface area contributed by atoms with E-state index in [-0.39, 0.29) is 11.6 Å². The number of hydrogen-bond acceptors (Lipinski definition) is 2. The molecule has 1 saturated carbocycles. The van der Waals surface area contributed by atoms with Gasteiger partial charge in [0.1, 0.15) is 0 Å². The molecular weight excluding hydrogens is 198 g/mol. The molecule has 0 heterocycles. The van der Waals surface area contributed by atoms with Crippen molar-refractivity contribution >= 4 is 0 Å². The Morgan fingerprint density at radius 3 is 2.56 bits per heavy atom. The molecule has 0 aliphatic heterocycles. The molecule has 1 fully saturated rings. The molecule has 0 bridgehead atoms. The van der Waals surface area contributed by atoms with Crippen molar-refractivity contribution in [3.63, 3.8) is 0 Å². The van der Waals surface area contributed by atoms with Crippen LogP contribution < -0.4 is 5.32 Å². The van der Waals surface area contributed by atoms with Gasteiger partial charge < -0.3 is 10.4 Å². The van der Waals surface area contributed by atoms with Crippen LogP contribution in [0.2, 0.25) is 0 Å². The maximum Gasteiger partial charge on any atom is 0.0692 e. The van der Waals surface area contributed by atoms with E-state index in [1.54, 1.807) is 0 Å². The zero-order chi connectivity index (χ0) is 12.2. The van der Waals surface area contributed by atoms with E-state index in [0.29, 0.717) is 5.92 Å². The molecule has 3 unspecified atom stereocenters. The van der Waals surface area contributed by atoms with Gasteiger partial charge in [0.15, 0.2) is 0 Å². The summed E-state index contributed by atoms with van der Waals surface area (Å²) in [5.74, 6) is 1.37. The van der Waals surface area contributed by atoms with E-state index < -0.39 is 0 Å². The second-order valence-corrected chi connectivity index (χ2v) is 6.40. The van der Waals surface area contributed by atoms with Crippen molar-refractivity contribution in [1.29, 1.82) is 0 Å². The highest BCUT2D eigenvalue weighted by Gasteiger charge is 2.27. The van der Waals surface area contributed by atoms with Crippen LogP contribution in [0.25, 0.3) is 0 Å². The van der Waals surface area contributed by atoms with E-state index in [1.807, 2.05) is 0 Å². The summed E-state index contributed by atoms with van der Waals surface area (Å²) in [6, 6.07) is 0. The summed E-state index contributed by atoms with van der Waals surface area (Å²) in [6.45, 7) is 9.46. The lowest BCUT2D eigenvalue weighted by Crippen LogP contribution is -2.43. The molecule has 0 spiro atoms. The molecule has 2 heteroatoms. The van der Waals surface area contributed by atoms with E-state index in [1.165, 1.54) is 32.1 Å². The van der Waals surface area contributed by atoms with Gasteiger partial charge in [0.25, 0.3) is 0 Å². The minimum atomic E-state index is -0.159. The lowest BCUT2D eigenvalue weighted by Gasteiger charge is -2.33. The average molecular weight is 227 g/mol. The topological polar surface area (TPSA) is 32.3 Å². The predicted octanol–water partition coefficient (Wildman–Crippen LogP) is 2.95. The van der Waals surface area contributed by atoms with Gasteiger partial charge in [-0.05, 0) is 45.4 Å². The second kappa shape index (κ2) is 6.02. The van der Waals surface area contributed by atoms with Crippen LogP contribution in [0, 0.1) is 11.8 Å². The standard InChI is InChI=1S/C14H29NO/c1-5-11-7-6-8-12(9-11)13(16)10-15-14(2,3)4/h11-13,15-16H,5-10H2,1-4H3. The Labute approximate surface area is 101 Å². The molecule has 1 aliphatic carbocycles. The van der Waals surface area contributed by atoms with Gasteiger partial charge in [0.2, 0.25) is 0 Å². The third kappa shape index (κ3) is 4.84. The number of hydrogen-bond donors (Lipinski definition) is 2. The first kappa shape index (κ1) is 14.0. The van der Waals surface area contributed by atoms with Gasteiger partial charge in [-0.1, -0.05) is 26.2 Å². The predicted molar refractivity (Wildman–Crippen MR) is 69.5 cm³/mol. The summed E-state index contributed by atoms with van der Waals surface area (Å²) in [4.78, 5) is 0. The molecule has 1 rings (SSSR count). The summed E-state index contributed by atoms with van der Waals surface area (Å²) < 4.78 is 0. The van der Waals surface area contributed by atoms with Crippen molar-refractivity contribution < 1.29 is 5.11 Å². The number of aliphatic hydroxyl groups excluding tert-OH is 1. The molecule has 2 nitrogen and oxygen atoms in total. The van der Waals surface area contributed by atoms with Crippen LogP contribution in [0.5, 0.6) is 0 Å². The monoisotopic (exact) mass is 227 g/mol. The maximum atomic E-state index is 10.2. The fourth-order valence-corrected chi connectivity index (χ4v) is 2.63. The highest BCUT2D eigenvalue weighted by atomic mass is 16.3. The van der Waals surface area contributed by atoms with Crippen LogP contribution >= 0.6 is 0 Å². The molecule has 16 heavy (non-hydrogen) atoms. The Morgan fingerprint density at radius 2 is 2.00 bits per heavy atom. The molecule has 0 aromatic carbocycles. The van der Waals surface area contributed by atoms with Crippen molar-refractivity contribution in [1.82, 2.24) is 5.32 Å². The third-order valence-electron chi connectivity index (χ3n) is 3.79. The number of rotatable bonds is 4. The zero-order valence-electron chi connectivity index (χ0n) is 11.4. The fraction of sp³-hybridized carbons (Fsp3) is 1.00. The van der Waals surface area contributed by atoms with Crippen LogP contribution in [0.1, 0.15) is 59.8 Å². The van der Waals surface area contributed by atoms with E-state index in [0.717, 1.165) is 12.5 Å². The van der Waals surface area contributed by atoms with Gasteiger partial charge in [-0.3, -0.25) is 0 Å². The first-order valence-corrected chi connectivity index (χ1v) is 6.85. The van der Waals surface area contributed by atoms with Crippen molar-refractivity contribution in [2.45, 2.75) is 71.4 Å². The fourth-order valence-electron chi connectivity index (χ4n) is 2.63. The molecule has 3 atom stereocenters. The van der Waals surface area contributed by atoms with Crippen molar-refractivity contribution in [3.8, 4) is 0 Å². The molecule has 0 aromatic heterocycles. The van der Waals surface area contributed by atoms with Gasteiger partial charge in [0.05, 0.1) is 6.10 Å². The minimum absolute atomic E-state index is 0.111. The van der Waals surface area contributed by atoms with Gasteiger partial charge in [-0.2, -0.15) is 0 Å². The van der Waals surface area contributed by atoms with Crippen molar-refractivity contribution in [3.05, 3.63) is 0 Å². The van der Waals surface area contributed by atoms with Gasteiger partial charge in [0, 0.05) is 12.1 Å². The first-order chi connectivity index (χ1) is 7.42. The summed E-state index contributed by atoms with van der Waals surface area (Å²) in [5, 5.41) is 13.6. The smallest absolute Gasteiger partial charge is 0.0692 e. The van der Waals surface area contributed by atoms with Crippen molar-refractivity contribution in [2.24, 2.45) is 11.8 Å². The maximum absolute atomic E-state index is 10.2. The van der Waals surface area contributed by atoms with Gasteiger partial charge in [-0.15, -0.1) is 0 Å². The molecule has 0 amide bonds. The summed E-state index contributed by atoms with van der Waals surface area (Å²) in [6.07, 6.45) is 6.22. The number of aliphatic hydroxyl groups is 1. The first-order valence-electron chi connectivity index (χ1n) is 6.85. The van der Waals surface area contributed by atoms with Crippen LogP contribution in [-0.4, -0.2) is 23.3 Å². The highest BCUT2D eigenvalue weighted by molar-refractivity contribution is 4.81. The Hall–Kier alpha value is -0.0800. The van der Waals surface area contributed by atoms with Crippen molar-refractivity contribution in [2.75, 3.05) is 6.54 Å². The Bertz CT molecular complexity index is 197. The molecule has 2 N–H and O–H groups in total. The molecule has 0 radical (unpaired) electrons. The van der Waals surface area contributed by atoms with Crippen LogP contribution in [0.15, 0.2) is 0 Å². The van der Waals surface area contributed by atoms with E-state index in [4.69, 9.17) is 0 Å². The summed E-state index contributed by atoms with van der Waals surface area (Å²) in [7, 11) is 0. The third-order valence-corrected chi connectivity index (χ3v) is 3.79. The SMILES string of the molecule is CCC1CCCC(C(O)CNC(C)(C)C)C1. The normalized spacial score (nSPS) is 29.1. The zero-order valence-corrected chi connectivity index (χ0v) is 11.4. The summed E-state index contributed by atoms with van der Waals surface area (Å²) >= 11 is 0. The summed E-state index contributed by atoms with van der Waals surface area (Å²) in [5.41, 5.74) is 0.111. The van der Waals surface area contributed by atoms with Gasteiger partial charge >= 0.3 is 0 Å². The lowest BCUT2D eigenvalue weighted by atomic mass is 9.77. The minimum Gasteiger partial charge on any atom is -0.392 e. The molecular formula is C14H29NO. The van der Waals surface area contributed by atoms with Crippen LogP contribution in [0.3, 0.4) is 0 Å². The Morgan fingerprint density at radius 1 is 1.31 bits per heavy atom. The van der Waals surface area contributed by atoms with Gasteiger partial charge in [-0.25, -0.2) is 0 Å². The van der Waals surface area contributed by atoms with E-state index >= 15 is 0 Å². The number of β-amino-alcohol motifs (C(OH)–C–C–N with tert-alkyl or cyclic N) is 1. The van der Waals surface area contributed by atoms with Crippen LogP contribution in [-0.2, 0) is 0 Å². The molecule has 0 aromatic rings. The lowest BCUT2D eigenvalue weighted by molar-refractivity contribution is 0.0629. The number of nitrogens with one attached hydrogen (secondary N) is 1. The molecule has 96 valence electrons. The van der Waals surface area contributed by atoms with Crippen LogP contribution in [0.4, 0.5) is 0 Å². The Kier molecular flexibility index (Phi) is 5.26. The quantitative estimate of drug-likeness (QED) is 0.774. The largest absolute Gasteiger partial charge is 0.392 e. The average Bonchev–Trinajstić information content (AvgIpc) is 2.25. The van der Waals surface area contributed by atoms with E-state index in [9.17, 15) is 5.11 Å². The molecule has 0 saturated heterocycles. The van der Waals surface area contributed by atoms with E-state index in [2.05, 4.69) is 33.0 Å². The molecule has 1 aliphatic rings. The second-order valence-electron chi connectivity index (χ2n) is 6.40. The highest BCUT2D eigenvalue weighted by Crippen LogP contribution is 2.32.